The zero-order chi connectivity index (χ0) is 16.3. The van der Waals surface area contributed by atoms with Gasteiger partial charge in [-0.25, -0.2) is 13.6 Å². The number of nitrogens with one attached hydrogen (secondary N) is 1. The highest BCUT2D eigenvalue weighted by Gasteiger charge is 2.17. The Labute approximate surface area is 136 Å². The minimum Gasteiger partial charge on any atom is -0.325 e. The maximum absolute atomic E-state index is 12.1. The molecule has 118 valence electrons. The Hall–Kier alpha value is -1.49. The van der Waals surface area contributed by atoms with Gasteiger partial charge in [0, 0.05) is 5.69 Å². The number of primary sulfonamides is 1. The monoisotopic (exact) mass is 358 g/mol. The molecule has 1 atom stereocenters. The number of sulfonamides is 1. The van der Waals surface area contributed by atoms with Crippen LogP contribution < -0.4 is 10.5 Å². The van der Waals surface area contributed by atoms with Crippen molar-refractivity contribution < 1.29 is 13.2 Å². The predicted octanol–water partition coefficient (Wildman–Crippen LogP) is 1.61. The third kappa shape index (κ3) is 4.50. The summed E-state index contributed by atoms with van der Waals surface area (Å²) in [6, 6.07) is 5.67. The van der Waals surface area contributed by atoms with Crippen LogP contribution >= 0.6 is 23.1 Å². The van der Waals surface area contributed by atoms with Gasteiger partial charge in [-0.2, -0.15) is 0 Å². The van der Waals surface area contributed by atoms with Crippen molar-refractivity contribution in [1.29, 1.82) is 0 Å². The van der Waals surface area contributed by atoms with Crippen LogP contribution in [0.3, 0.4) is 0 Å². The predicted molar refractivity (Wildman–Crippen MR) is 86.4 cm³/mol. The molecule has 0 bridgehead atoms. The molecule has 0 aliphatic rings. The van der Waals surface area contributed by atoms with Crippen molar-refractivity contribution in [3.05, 3.63) is 29.3 Å². The number of thioether (sulfide) groups is 1. The van der Waals surface area contributed by atoms with E-state index in [1.807, 2.05) is 6.92 Å². The highest BCUT2D eigenvalue weighted by atomic mass is 32.2. The molecule has 0 saturated heterocycles. The number of hydrogen-bond acceptors (Lipinski definition) is 7. The average Bonchev–Trinajstić information content (AvgIpc) is 2.83. The lowest BCUT2D eigenvalue weighted by Gasteiger charge is -2.10. The van der Waals surface area contributed by atoms with Crippen molar-refractivity contribution >= 4 is 44.7 Å². The fraction of sp³-hybridized carbons (Fsp3) is 0.250. The van der Waals surface area contributed by atoms with Crippen molar-refractivity contribution in [1.82, 2.24) is 10.2 Å². The minimum atomic E-state index is -3.73. The number of carbonyl (C=O) groups is 1. The molecular formula is C12H14N4O3S3. The lowest BCUT2D eigenvalue weighted by atomic mass is 10.3. The van der Waals surface area contributed by atoms with Gasteiger partial charge in [-0.3, -0.25) is 4.79 Å². The third-order valence-electron chi connectivity index (χ3n) is 2.60. The van der Waals surface area contributed by atoms with Crippen molar-refractivity contribution in [3.63, 3.8) is 0 Å². The molecule has 10 heteroatoms. The van der Waals surface area contributed by atoms with E-state index < -0.39 is 10.0 Å². The Morgan fingerprint density at radius 2 is 1.95 bits per heavy atom. The van der Waals surface area contributed by atoms with E-state index in [2.05, 4.69) is 15.5 Å². The maximum atomic E-state index is 12.1. The first kappa shape index (κ1) is 16.9. The fourth-order valence-corrected chi connectivity index (χ4v) is 3.98. The van der Waals surface area contributed by atoms with Crippen LogP contribution in [0.1, 0.15) is 11.9 Å². The molecule has 1 amide bonds. The number of aryl methyl sites for hydroxylation is 1. The molecule has 7 nitrogen and oxygen atoms in total. The Bertz CT molecular complexity index is 771. The molecule has 3 N–H and O–H groups in total. The molecule has 0 fully saturated rings. The van der Waals surface area contributed by atoms with E-state index in [0.717, 1.165) is 9.35 Å². The number of nitrogens with zero attached hydrogens (tertiary/aromatic N) is 2. The topological polar surface area (TPSA) is 115 Å². The van der Waals surface area contributed by atoms with Crippen LogP contribution in [0.4, 0.5) is 5.69 Å². The molecule has 0 radical (unpaired) electrons. The number of hydrogen-bond donors (Lipinski definition) is 2. The van der Waals surface area contributed by atoms with Crippen molar-refractivity contribution in [2.45, 2.75) is 28.3 Å². The first-order valence-electron chi connectivity index (χ1n) is 6.16. The largest absolute Gasteiger partial charge is 0.325 e. The van der Waals surface area contributed by atoms with Gasteiger partial charge >= 0.3 is 0 Å². The number of amides is 1. The summed E-state index contributed by atoms with van der Waals surface area (Å²) < 4.78 is 23.0. The third-order valence-corrected chi connectivity index (χ3v) is 5.56. The van der Waals surface area contributed by atoms with Crippen molar-refractivity contribution in [3.8, 4) is 0 Å². The Morgan fingerprint density at radius 1 is 1.32 bits per heavy atom. The molecule has 0 aliphatic heterocycles. The molecule has 1 heterocycles. The molecule has 0 aliphatic carbocycles. The van der Waals surface area contributed by atoms with Gasteiger partial charge in [0.2, 0.25) is 15.9 Å². The maximum Gasteiger partial charge on any atom is 0.238 e. The van der Waals surface area contributed by atoms with Gasteiger partial charge in [0.15, 0.2) is 4.34 Å². The van der Waals surface area contributed by atoms with E-state index >= 15 is 0 Å². The van der Waals surface area contributed by atoms with E-state index in [-0.39, 0.29) is 16.1 Å². The van der Waals surface area contributed by atoms with E-state index in [9.17, 15) is 13.2 Å². The minimum absolute atomic E-state index is 0.00254. The average molecular weight is 358 g/mol. The number of rotatable bonds is 5. The Balaban J connectivity index is 1.99. The normalized spacial score (nSPS) is 12.9. The van der Waals surface area contributed by atoms with Gasteiger partial charge in [-0.05, 0) is 38.1 Å². The first-order chi connectivity index (χ1) is 10.3. The lowest BCUT2D eigenvalue weighted by Crippen LogP contribution is -2.22. The van der Waals surface area contributed by atoms with Crippen LogP contribution in [0.5, 0.6) is 0 Å². The Kier molecular flexibility index (Phi) is 5.16. The second kappa shape index (κ2) is 6.73. The van der Waals surface area contributed by atoms with Gasteiger partial charge < -0.3 is 5.32 Å². The first-order valence-corrected chi connectivity index (χ1v) is 9.40. The van der Waals surface area contributed by atoms with Crippen LogP contribution in [0.15, 0.2) is 33.5 Å². The summed E-state index contributed by atoms with van der Waals surface area (Å²) in [5.74, 6) is -0.207. The lowest BCUT2D eigenvalue weighted by molar-refractivity contribution is -0.115. The molecule has 2 aromatic rings. The van der Waals surface area contributed by atoms with Crippen LogP contribution in [-0.2, 0) is 14.8 Å². The quantitative estimate of drug-likeness (QED) is 0.785. The van der Waals surface area contributed by atoms with Gasteiger partial charge in [0.25, 0.3) is 0 Å². The summed E-state index contributed by atoms with van der Waals surface area (Å²) in [6.07, 6.45) is 0. The van der Waals surface area contributed by atoms with Crippen LogP contribution in [0, 0.1) is 6.92 Å². The SMILES string of the molecule is Cc1nnc(S[C@@H](C)C(=O)Nc2ccc(S(N)(=O)=O)cc2)s1. The second-order valence-corrected chi connectivity index (χ2v) is 8.74. The zero-order valence-corrected chi connectivity index (χ0v) is 14.3. The van der Waals surface area contributed by atoms with Gasteiger partial charge in [-0.15, -0.1) is 10.2 Å². The summed E-state index contributed by atoms with van der Waals surface area (Å²) in [5.41, 5.74) is 0.498. The van der Waals surface area contributed by atoms with Crippen LogP contribution in [-0.4, -0.2) is 29.8 Å². The van der Waals surface area contributed by atoms with E-state index in [1.165, 1.54) is 47.4 Å². The summed E-state index contributed by atoms with van der Waals surface area (Å²) in [7, 11) is -3.73. The van der Waals surface area contributed by atoms with Crippen LogP contribution in [0.2, 0.25) is 0 Å². The van der Waals surface area contributed by atoms with Gasteiger partial charge in [0.05, 0.1) is 10.1 Å². The summed E-state index contributed by atoms with van der Waals surface area (Å²) in [4.78, 5) is 12.1. The molecule has 0 spiro atoms. The summed E-state index contributed by atoms with van der Waals surface area (Å²) in [5, 5.41) is 16.1. The van der Waals surface area contributed by atoms with E-state index in [1.54, 1.807) is 6.92 Å². The van der Waals surface area contributed by atoms with E-state index in [4.69, 9.17) is 5.14 Å². The molecule has 0 saturated carbocycles. The van der Waals surface area contributed by atoms with Gasteiger partial charge in [0.1, 0.15) is 5.01 Å². The molecule has 1 aromatic heterocycles. The fourth-order valence-electron chi connectivity index (χ4n) is 1.50. The van der Waals surface area contributed by atoms with Crippen molar-refractivity contribution in [2.75, 3.05) is 5.32 Å². The molecule has 2 rings (SSSR count). The molecular weight excluding hydrogens is 344 g/mol. The second-order valence-electron chi connectivity index (χ2n) is 4.41. The number of carbonyl (C=O) groups excluding carboxylic acids is 1. The number of aromatic nitrogens is 2. The smallest absolute Gasteiger partial charge is 0.238 e. The highest BCUT2D eigenvalue weighted by Crippen LogP contribution is 2.27. The number of benzene rings is 1. The van der Waals surface area contributed by atoms with Crippen molar-refractivity contribution in [2.24, 2.45) is 5.14 Å². The van der Waals surface area contributed by atoms with E-state index in [0.29, 0.717) is 5.69 Å². The summed E-state index contributed by atoms with van der Waals surface area (Å²) in [6.45, 7) is 3.61. The molecule has 0 unspecified atom stereocenters. The highest BCUT2D eigenvalue weighted by molar-refractivity contribution is 8.02. The number of nitrogens with two attached hydrogens (primary N) is 1. The standard InChI is InChI=1S/C12H14N4O3S3/c1-7(20-12-16-15-8(2)21-12)11(17)14-9-3-5-10(6-4-9)22(13,18)19/h3-7H,1-2H3,(H,14,17)(H2,13,18,19)/t7-/m0/s1. The Morgan fingerprint density at radius 3 is 2.45 bits per heavy atom. The molecule has 1 aromatic carbocycles. The summed E-state index contributed by atoms with van der Waals surface area (Å²) >= 11 is 2.74. The molecule has 22 heavy (non-hydrogen) atoms. The zero-order valence-electron chi connectivity index (χ0n) is 11.8. The number of anilines is 1. The van der Waals surface area contributed by atoms with Gasteiger partial charge in [-0.1, -0.05) is 23.1 Å². The van der Waals surface area contributed by atoms with Crippen LogP contribution in [0.25, 0.3) is 0 Å².